The summed E-state index contributed by atoms with van der Waals surface area (Å²) in [6, 6.07) is 21.1. The molecule has 0 spiro atoms. The van der Waals surface area contributed by atoms with Gasteiger partial charge in [0.25, 0.3) is 0 Å². The zero-order valence-electron chi connectivity index (χ0n) is 13.4. The monoisotopic (exact) mass is 318 g/mol. The lowest BCUT2D eigenvalue weighted by Crippen LogP contribution is -2.04. The lowest BCUT2D eigenvalue weighted by atomic mass is 10.1. The molecule has 120 valence electrons. The van der Waals surface area contributed by atoms with Crippen molar-refractivity contribution in [3.63, 3.8) is 0 Å². The number of benzene rings is 2. The maximum absolute atomic E-state index is 11.7. The van der Waals surface area contributed by atoms with Crippen LogP contribution in [0.25, 0.3) is 11.3 Å². The van der Waals surface area contributed by atoms with Crippen LogP contribution in [-0.2, 0) is 4.74 Å². The van der Waals surface area contributed by atoms with E-state index < -0.39 is 0 Å². The molecule has 0 saturated heterocycles. The summed E-state index contributed by atoms with van der Waals surface area (Å²) < 4.78 is 4.99. The summed E-state index contributed by atoms with van der Waals surface area (Å²) in [4.78, 5) is 16.2. The molecule has 0 atom stereocenters. The molecule has 0 aliphatic carbocycles. The number of rotatable bonds is 5. The molecule has 0 radical (unpaired) electrons. The number of ether oxygens (including phenoxy) is 1. The number of carbonyl (C=O) groups excluding carboxylic acids is 1. The number of hydrogen-bond donors (Lipinski definition) is 1. The number of pyridine rings is 1. The van der Waals surface area contributed by atoms with Gasteiger partial charge in [0.1, 0.15) is 0 Å². The molecule has 0 aliphatic rings. The van der Waals surface area contributed by atoms with E-state index in [-0.39, 0.29) is 5.97 Å². The van der Waals surface area contributed by atoms with Crippen molar-refractivity contribution in [3.05, 3.63) is 78.5 Å². The Bertz CT molecular complexity index is 815. The zero-order valence-corrected chi connectivity index (χ0v) is 13.4. The maximum atomic E-state index is 11.7. The van der Waals surface area contributed by atoms with Crippen LogP contribution in [-0.4, -0.2) is 17.6 Å². The smallest absolute Gasteiger partial charge is 0.338 e. The molecule has 0 unspecified atom stereocenters. The van der Waals surface area contributed by atoms with Gasteiger partial charge in [-0.05, 0) is 43.3 Å². The molecule has 1 N–H and O–H groups in total. The van der Waals surface area contributed by atoms with Gasteiger partial charge in [-0.2, -0.15) is 0 Å². The number of nitrogens with zero attached hydrogens (tertiary/aromatic N) is 1. The number of aromatic nitrogens is 1. The minimum absolute atomic E-state index is 0.310. The second kappa shape index (κ2) is 7.42. The summed E-state index contributed by atoms with van der Waals surface area (Å²) in [5.74, 6) is -0.310. The average Bonchev–Trinajstić information content (AvgIpc) is 2.64. The Labute approximate surface area is 141 Å². The van der Waals surface area contributed by atoms with Crippen LogP contribution in [0.4, 0.5) is 11.4 Å². The summed E-state index contributed by atoms with van der Waals surface area (Å²) >= 11 is 0. The van der Waals surface area contributed by atoms with Crippen molar-refractivity contribution < 1.29 is 9.53 Å². The van der Waals surface area contributed by atoms with Gasteiger partial charge in [0.05, 0.1) is 23.6 Å². The molecule has 4 nitrogen and oxygen atoms in total. The van der Waals surface area contributed by atoms with Crippen LogP contribution >= 0.6 is 0 Å². The van der Waals surface area contributed by atoms with Gasteiger partial charge in [-0.1, -0.05) is 30.3 Å². The minimum atomic E-state index is -0.310. The van der Waals surface area contributed by atoms with Crippen LogP contribution < -0.4 is 5.32 Å². The predicted molar refractivity (Wildman–Crippen MR) is 95.4 cm³/mol. The number of carbonyl (C=O) groups is 1. The Kier molecular flexibility index (Phi) is 4.87. The Balaban J connectivity index is 1.83. The first kappa shape index (κ1) is 15.7. The third-order valence-electron chi connectivity index (χ3n) is 3.53. The molecule has 24 heavy (non-hydrogen) atoms. The van der Waals surface area contributed by atoms with Gasteiger partial charge in [0.15, 0.2) is 0 Å². The van der Waals surface area contributed by atoms with Crippen molar-refractivity contribution in [2.45, 2.75) is 6.92 Å². The van der Waals surface area contributed by atoms with E-state index in [2.05, 4.69) is 10.3 Å². The zero-order chi connectivity index (χ0) is 16.8. The second-order valence-electron chi connectivity index (χ2n) is 5.19. The van der Waals surface area contributed by atoms with Gasteiger partial charge in [-0.3, -0.25) is 4.98 Å². The van der Waals surface area contributed by atoms with E-state index in [1.807, 2.05) is 54.6 Å². The minimum Gasteiger partial charge on any atom is -0.462 e. The van der Waals surface area contributed by atoms with E-state index in [4.69, 9.17) is 4.74 Å². The van der Waals surface area contributed by atoms with Gasteiger partial charge < -0.3 is 10.1 Å². The van der Waals surface area contributed by atoms with Crippen molar-refractivity contribution in [1.82, 2.24) is 4.98 Å². The Morgan fingerprint density at radius 1 is 1.00 bits per heavy atom. The molecule has 3 rings (SSSR count). The largest absolute Gasteiger partial charge is 0.462 e. The van der Waals surface area contributed by atoms with Gasteiger partial charge in [0, 0.05) is 17.4 Å². The van der Waals surface area contributed by atoms with E-state index >= 15 is 0 Å². The van der Waals surface area contributed by atoms with E-state index in [1.165, 1.54) is 0 Å². The SMILES string of the molecule is CCOC(=O)c1ccc(Nc2cccnc2-c2ccccc2)cc1. The molecule has 1 aromatic heterocycles. The summed E-state index contributed by atoms with van der Waals surface area (Å²) in [6.45, 7) is 2.16. The summed E-state index contributed by atoms with van der Waals surface area (Å²) in [5, 5.41) is 3.35. The number of hydrogen-bond acceptors (Lipinski definition) is 4. The average molecular weight is 318 g/mol. The van der Waals surface area contributed by atoms with Crippen molar-refractivity contribution in [1.29, 1.82) is 0 Å². The molecule has 4 heteroatoms. The van der Waals surface area contributed by atoms with Crippen molar-refractivity contribution in [2.24, 2.45) is 0 Å². The summed E-state index contributed by atoms with van der Waals surface area (Å²) in [5.41, 5.74) is 4.26. The third-order valence-corrected chi connectivity index (χ3v) is 3.53. The summed E-state index contributed by atoms with van der Waals surface area (Å²) in [6.07, 6.45) is 1.78. The van der Waals surface area contributed by atoms with Crippen LogP contribution in [0.1, 0.15) is 17.3 Å². The molecule has 0 amide bonds. The molecular formula is C20H18N2O2. The highest BCUT2D eigenvalue weighted by molar-refractivity contribution is 5.90. The highest BCUT2D eigenvalue weighted by atomic mass is 16.5. The van der Waals surface area contributed by atoms with E-state index in [1.54, 1.807) is 25.3 Å². The molecular weight excluding hydrogens is 300 g/mol. The van der Waals surface area contributed by atoms with Gasteiger partial charge in [-0.25, -0.2) is 4.79 Å². The van der Waals surface area contributed by atoms with Crippen molar-refractivity contribution in [2.75, 3.05) is 11.9 Å². The normalized spacial score (nSPS) is 10.2. The number of nitrogens with one attached hydrogen (secondary N) is 1. The molecule has 0 saturated carbocycles. The summed E-state index contributed by atoms with van der Waals surface area (Å²) in [7, 11) is 0. The van der Waals surface area contributed by atoms with Crippen LogP contribution in [0.2, 0.25) is 0 Å². The third kappa shape index (κ3) is 3.60. The van der Waals surface area contributed by atoms with Crippen LogP contribution in [0.5, 0.6) is 0 Å². The highest BCUT2D eigenvalue weighted by Gasteiger charge is 2.08. The van der Waals surface area contributed by atoms with Crippen molar-refractivity contribution in [3.8, 4) is 11.3 Å². The molecule has 3 aromatic rings. The van der Waals surface area contributed by atoms with Gasteiger partial charge in [0.2, 0.25) is 0 Å². The molecule has 0 bridgehead atoms. The van der Waals surface area contributed by atoms with E-state index in [0.717, 1.165) is 22.6 Å². The first-order valence-electron chi connectivity index (χ1n) is 7.82. The van der Waals surface area contributed by atoms with Crippen LogP contribution in [0.3, 0.4) is 0 Å². The fourth-order valence-electron chi connectivity index (χ4n) is 2.39. The predicted octanol–water partition coefficient (Wildman–Crippen LogP) is 4.67. The van der Waals surface area contributed by atoms with E-state index in [9.17, 15) is 4.79 Å². The maximum Gasteiger partial charge on any atom is 0.338 e. The first-order valence-corrected chi connectivity index (χ1v) is 7.82. The van der Waals surface area contributed by atoms with Crippen LogP contribution in [0, 0.1) is 0 Å². The standard InChI is InChI=1S/C20H18N2O2/c1-2-24-20(23)16-10-12-17(13-11-16)22-18-9-6-14-21-19(18)15-7-4-3-5-8-15/h3-14,22H,2H2,1H3. The molecule has 1 heterocycles. The highest BCUT2D eigenvalue weighted by Crippen LogP contribution is 2.28. The first-order chi connectivity index (χ1) is 11.8. The Hall–Kier alpha value is -3.14. The lowest BCUT2D eigenvalue weighted by molar-refractivity contribution is 0.0526. The lowest BCUT2D eigenvalue weighted by Gasteiger charge is -2.11. The van der Waals surface area contributed by atoms with Crippen LogP contribution in [0.15, 0.2) is 72.9 Å². The molecule has 0 fully saturated rings. The second-order valence-corrected chi connectivity index (χ2v) is 5.19. The molecule has 0 aliphatic heterocycles. The Morgan fingerprint density at radius 2 is 1.75 bits per heavy atom. The molecule has 2 aromatic carbocycles. The fraction of sp³-hybridized carbons (Fsp3) is 0.100. The Morgan fingerprint density at radius 3 is 2.46 bits per heavy atom. The van der Waals surface area contributed by atoms with Crippen molar-refractivity contribution >= 4 is 17.3 Å². The topological polar surface area (TPSA) is 51.2 Å². The number of esters is 1. The fourth-order valence-corrected chi connectivity index (χ4v) is 2.39. The quantitative estimate of drug-likeness (QED) is 0.695. The van der Waals surface area contributed by atoms with Gasteiger partial charge >= 0.3 is 5.97 Å². The van der Waals surface area contributed by atoms with E-state index in [0.29, 0.717) is 12.2 Å². The number of anilines is 2. The van der Waals surface area contributed by atoms with Gasteiger partial charge in [-0.15, -0.1) is 0 Å².